The van der Waals surface area contributed by atoms with Crippen molar-refractivity contribution in [2.24, 2.45) is 0 Å². The fourth-order valence-electron chi connectivity index (χ4n) is 1.13. The molecule has 0 aliphatic rings. The normalized spacial score (nSPS) is 11.9. The van der Waals surface area contributed by atoms with Crippen LogP contribution in [0, 0.1) is 0 Å². The summed E-state index contributed by atoms with van der Waals surface area (Å²) in [5.41, 5.74) is 0. The van der Waals surface area contributed by atoms with Crippen LogP contribution in [0.4, 0.5) is 0 Å². The maximum absolute atomic E-state index is 12.2. The smallest absolute Gasteiger partial charge is 0.322 e. The quantitative estimate of drug-likeness (QED) is 0.702. The number of amides is 1. The van der Waals surface area contributed by atoms with E-state index in [-0.39, 0.29) is 4.90 Å². The number of carboxylic acids is 1. The van der Waals surface area contributed by atoms with Gasteiger partial charge in [0, 0.05) is 0 Å². The Labute approximate surface area is 126 Å². The van der Waals surface area contributed by atoms with Crippen molar-refractivity contribution in [2.45, 2.75) is 7.46 Å². The number of hydrogen-bond acceptors (Lipinski definition) is 4. The second-order valence-electron chi connectivity index (χ2n) is 3.41. The number of hydrogen-bond donors (Lipinski definition) is 2. The number of benzene rings is 1. The minimum atomic E-state index is -4.06. The number of halogens is 2. The van der Waals surface area contributed by atoms with Gasteiger partial charge in [-0.05, 0) is 44.0 Å². The Kier molecular flexibility index (Phi) is 5.11. The average Bonchev–Trinajstić information content (AvgIpc) is 2.36. The van der Waals surface area contributed by atoms with Crippen molar-refractivity contribution >= 4 is 53.6 Å². The number of rotatable bonds is 5. The second-order valence-corrected chi connectivity index (χ2v) is 9.99. The van der Waals surface area contributed by atoms with Gasteiger partial charge >= 0.3 is 5.97 Å². The summed E-state index contributed by atoms with van der Waals surface area (Å²) in [5, 5.41) is 10.4. The van der Waals surface area contributed by atoms with Crippen molar-refractivity contribution in [1.29, 1.82) is 0 Å². The molecule has 0 unspecified atom stereocenters. The van der Waals surface area contributed by atoms with Crippen molar-refractivity contribution in [3.63, 3.8) is 0 Å². The Morgan fingerprint density at radius 3 is 2.21 bits per heavy atom. The zero-order valence-corrected chi connectivity index (χ0v) is 13.3. The molecule has 0 radical (unpaired) electrons. The predicted octanol–water partition coefficient (Wildman–Crippen LogP) is 1.10. The van der Waals surface area contributed by atoms with Crippen LogP contribution in [-0.2, 0) is 19.4 Å². The molecule has 19 heavy (non-hydrogen) atoms. The zero-order valence-electron chi connectivity index (χ0n) is 9.34. The molecule has 0 atom stereocenters. The standard InChI is InChI=1S/C10H9Br2NO5S/c11-10(12,9(16)13-6-8(14)15)19(17,18)7-4-2-1-3-5-7/h1-5H,6H2,(H,13,16)(H,14,15). The summed E-state index contributed by atoms with van der Waals surface area (Å²) in [6, 6.07) is 7.32. The van der Waals surface area contributed by atoms with Gasteiger partial charge in [0.15, 0.2) is 0 Å². The molecule has 0 spiro atoms. The Balaban J connectivity index is 3.05. The van der Waals surface area contributed by atoms with Gasteiger partial charge in [0.2, 0.25) is 9.84 Å². The highest BCUT2D eigenvalue weighted by Gasteiger charge is 2.47. The average molecular weight is 415 g/mol. The summed E-state index contributed by atoms with van der Waals surface area (Å²) in [6.45, 7) is -0.678. The fraction of sp³-hybridized carbons (Fsp3) is 0.200. The minimum absolute atomic E-state index is 0.0748. The summed E-state index contributed by atoms with van der Waals surface area (Å²) in [7, 11) is -4.06. The molecule has 1 rings (SSSR count). The molecule has 0 bridgehead atoms. The first-order valence-electron chi connectivity index (χ1n) is 4.87. The molecule has 0 saturated carbocycles. The number of carboxylic acid groups (broad SMARTS) is 1. The maximum atomic E-state index is 12.2. The summed E-state index contributed by atoms with van der Waals surface area (Å²) in [6.07, 6.45) is 0. The van der Waals surface area contributed by atoms with Crippen molar-refractivity contribution in [1.82, 2.24) is 5.32 Å². The molecule has 0 saturated heterocycles. The molecule has 1 amide bonds. The van der Waals surface area contributed by atoms with E-state index in [1.165, 1.54) is 24.3 Å². The van der Waals surface area contributed by atoms with Crippen molar-refractivity contribution in [3.8, 4) is 0 Å². The molecule has 0 fully saturated rings. The molecule has 1 aromatic rings. The summed E-state index contributed by atoms with van der Waals surface area (Å²) in [5.74, 6) is -2.29. The SMILES string of the molecule is O=C(O)CNC(=O)C(Br)(Br)S(=O)(=O)c1ccccc1. The Morgan fingerprint density at radius 2 is 1.74 bits per heavy atom. The van der Waals surface area contributed by atoms with Crippen molar-refractivity contribution in [2.75, 3.05) is 6.54 Å². The second kappa shape index (κ2) is 6.02. The highest BCUT2D eigenvalue weighted by atomic mass is 79.9. The molecule has 0 aliphatic carbocycles. The third-order valence-electron chi connectivity index (χ3n) is 2.06. The molecule has 2 N–H and O–H groups in total. The molecule has 0 heterocycles. The molecule has 0 aliphatic heterocycles. The highest BCUT2D eigenvalue weighted by molar-refractivity contribution is 9.28. The Hall–Kier alpha value is -0.930. The Bertz CT molecular complexity index is 585. The van der Waals surface area contributed by atoms with Gasteiger partial charge in [-0.15, -0.1) is 0 Å². The molecule has 6 nitrogen and oxygen atoms in total. The molecule has 104 valence electrons. The van der Waals surface area contributed by atoms with E-state index in [9.17, 15) is 18.0 Å². The number of alkyl halides is 2. The van der Waals surface area contributed by atoms with Crippen LogP contribution in [0.25, 0.3) is 0 Å². The number of sulfone groups is 1. The summed E-state index contributed by atoms with van der Waals surface area (Å²) in [4.78, 5) is 22.0. The van der Waals surface area contributed by atoms with Crippen LogP contribution in [0.1, 0.15) is 0 Å². The van der Waals surface area contributed by atoms with Crippen molar-refractivity contribution in [3.05, 3.63) is 30.3 Å². The molecule has 0 aromatic heterocycles. The van der Waals surface area contributed by atoms with Gasteiger partial charge < -0.3 is 10.4 Å². The summed E-state index contributed by atoms with van der Waals surface area (Å²) >= 11 is 5.56. The number of aliphatic carboxylic acids is 1. The third-order valence-corrected chi connectivity index (χ3v) is 7.09. The van der Waals surface area contributed by atoms with E-state index in [0.717, 1.165) is 0 Å². The number of carbonyl (C=O) groups is 2. The lowest BCUT2D eigenvalue weighted by molar-refractivity contribution is -0.137. The van der Waals surface area contributed by atoms with Crippen LogP contribution in [-0.4, -0.2) is 34.5 Å². The Morgan fingerprint density at radius 1 is 1.21 bits per heavy atom. The van der Waals surface area contributed by atoms with Crippen LogP contribution >= 0.6 is 31.9 Å². The molecule has 1 aromatic carbocycles. The summed E-state index contributed by atoms with van der Waals surface area (Å²) < 4.78 is 22.4. The van der Waals surface area contributed by atoms with E-state index in [0.29, 0.717) is 0 Å². The van der Waals surface area contributed by atoms with Crippen LogP contribution < -0.4 is 5.32 Å². The van der Waals surface area contributed by atoms with E-state index in [4.69, 9.17) is 5.11 Å². The van der Waals surface area contributed by atoms with Gasteiger partial charge in [-0.2, -0.15) is 0 Å². The first-order chi connectivity index (χ1) is 8.69. The van der Waals surface area contributed by atoms with Gasteiger partial charge in [-0.3, -0.25) is 9.59 Å². The van der Waals surface area contributed by atoms with Gasteiger partial charge in [-0.1, -0.05) is 18.2 Å². The lowest BCUT2D eigenvalue weighted by Gasteiger charge is -2.19. The maximum Gasteiger partial charge on any atom is 0.322 e. The van der Waals surface area contributed by atoms with E-state index < -0.39 is 30.8 Å². The molecule has 9 heteroatoms. The topological polar surface area (TPSA) is 101 Å². The van der Waals surface area contributed by atoms with Gasteiger partial charge in [0.05, 0.1) is 4.90 Å². The first kappa shape index (κ1) is 16.1. The fourth-order valence-corrected chi connectivity index (χ4v) is 3.66. The number of nitrogens with one attached hydrogen (secondary N) is 1. The lowest BCUT2D eigenvalue weighted by atomic mass is 10.4. The molecular formula is C10H9Br2NO5S. The van der Waals surface area contributed by atoms with Crippen molar-refractivity contribution < 1.29 is 23.1 Å². The van der Waals surface area contributed by atoms with E-state index >= 15 is 0 Å². The first-order valence-corrected chi connectivity index (χ1v) is 7.94. The van der Waals surface area contributed by atoms with Gasteiger partial charge in [-0.25, -0.2) is 8.42 Å². The monoisotopic (exact) mass is 413 g/mol. The van der Waals surface area contributed by atoms with Gasteiger partial charge in [0.25, 0.3) is 8.47 Å². The van der Waals surface area contributed by atoms with Crippen LogP contribution in [0.5, 0.6) is 0 Å². The predicted molar refractivity (Wildman–Crippen MR) is 74.9 cm³/mol. The van der Waals surface area contributed by atoms with E-state index in [1.54, 1.807) is 6.07 Å². The lowest BCUT2D eigenvalue weighted by Crippen LogP contribution is -2.45. The van der Waals surface area contributed by atoms with Crippen LogP contribution in [0.3, 0.4) is 0 Å². The largest absolute Gasteiger partial charge is 0.480 e. The van der Waals surface area contributed by atoms with Crippen LogP contribution in [0.15, 0.2) is 35.2 Å². The molecular weight excluding hydrogens is 406 g/mol. The third kappa shape index (κ3) is 3.54. The highest BCUT2D eigenvalue weighted by Crippen LogP contribution is 2.37. The number of carbonyl (C=O) groups excluding carboxylic acids is 1. The van der Waals surface area contributed by atoms with E-state index in [1.807, 2.05) is 5.32 Å². The minimum Gasteiger partial charge on any atom is -0.480 e. The van der Waals surface area contributed by atoms with Crippen LogP contribution in [0.2, 0.25) is 0 Å². The van der Waals surface area contributed by atoms with Gasteiger partial charge in [0.1, 0.15) is 6.54 Å². The van der Waals surface area contributed by atoms with E-state index in [2.05, 4.69) is 31.9 Å². The zero-order chi connectivity index (χ0) is 14.7.